The molecule has 0 saturated carbocycles. The number of rotatable bonds is 6. The number of hydrogen-bond acceptors (Lipinski definition) is 3. The second kappa shape index (κ2) is 7.66. The van der Waals surface area contributed by atoms with E-state index in [-0.39, 0.29) is 24.7 Å². The van der Waals surface area contributed by atoms with Crippen LogP contribution in [-0.4, -0.2) is 23.0 Å². The van der Waals surface area contributed by atoms with Gasteiger partial charge < -0.3 is 10.1 Å². The average molecular weight is 336 g/mol. The summed E-state index contributed by atoms with van der Waals surface area (Å²) in [6.07, 6.45) is 2.00. The molecule has 0 aliphatic carbocycles. The summed E-state index contributed by atoms with van der Waals surface area (Å²) in [7, 11) is 0. The fourth-order valence-electron chi connectivity index (χ4n) is 2.71. The molecule has 128 valence electrons. The quantitative estimate of drug-likeness (QED) is 0.737. The molecule has 5 nitrogen and oxygen atoms in total. The molecule has 0 fully saturated rings. The molecule has 5 heteroatoms. The van der Waals surface area contributed by atoms with Gasteiger partial charge >= 0.3 is 0 Å². The molecule has 0 saturated heterocycles. The monoisotopic (exact) mass is 336 g/mol. The Morgan fingerprint density at radius 2 is 1.76 bits per heavy atom. The number of carbonyl (C=O) groups is 2. The van der Waals surface area contributed by atoms with E-state index in [1.54, 1.807) is 22.9 Å². The van der Waals surface area contributed by atoms with E-state index < -0.39 is 0 Å². The van der Waals surface area contributed by atoms with Crippen LogP contribution in [0, 0.1) is 0 Å². The minimum absolute atomic E-state index is 0.102. The van der Waals surface area contributed by atoms with Crippen molar-refractivity contribution in [2.24, 2.45) is 0 Å². The first kappa shape index (κ1) is 16.8. The molecule has 25 heavy (non-hydrogen) atoms. The van der Waals surface area contributed by atoms with Gasteiger partial charge in [0.1, 0.15) is 5.75 Å². The van der Waals surface area contributed by atoms with E-state index in [1.807, 2.05) is 49.4 Å². The van der Waals surface area contributed by atoms with Crippen LogP contribution in [-0.2, 0) is 4.79 Å². The molecule has 2 aromatic carbocycles. The van der Waals surface area contributed by atoms with Crippen LogP contribution in [0.2, 0.25) is 0 Å². The van der Waals surface area contributed by atoms with Gasteiger partial charge in [-0.15, -0.1) is 0 Å². The highest BCUT2D eigenvalue weighted by Gasteiger charge is 2.12. The number of nitrogens with one attached hydrogen (secondary N) is 1. The number of amides is 1. The third kappa shape index (κ3) is 3.88. The number of fused-ring (bicyclic) bond motifs is 1. The molecule has 0 spiro atoms. The molecule has 0 unspecified atom stereocenters. The fraction of sp³-hybridized carbons (Fsp3) is 0.200. The van der Waals surface area contributed by atoms with Crippen LogP contribution in [0.25, 0.3) is 10.9 Å². The van der Waals surface area contributed by atoms with Crippen LogP contribution in [0.15, 0.2) is 60.8 Å². The minimum Gasteiger partial charge on any atom is -0.492 e. The molecule has 3 rings (SSSR count). The predicted octanol–water partition coefficient (Wildman–Crippen LogP) is 4.10. The van der Waals surface area contributed by atoms with Crippen molar-refractivity contribution < 1.29 is 14.3 Å². The minimum atomic E-state index is -0.211. The fourth-order valence-corrected chi connectivity index (χ4v) is 2.71. The Labute approximate surface area is 146 Å². The highest BCUT2D eigenvalue weighted by molar-refractivity contribution is 5.97. The van der Waals surface area contributed by atoms with Gasteiger partial charge in [-0.3, -0.25) is 14.2 Å². The molecule has 0 bridgehead atoms. The van der Waals surface area contributed by atoms with Crippen molar-refractivity contribution in [3.8, 4) is 5.75 Å². The van der Waals surface area contributed by atoms with Gasteiger partial charge in [-0.25, -0.2) is 0 Å². The lowest BCUT2D eigenvalue weighted by molar-refractivity contribution is -0.116. The summed E-state index contributed by atoms with van der Waals surface area (Å²) in [5, 5.41) is 3.81. The third-order valence-electron chi connectivity index (χ3n) is 3.90. The lowest BCUT2D eigenvalue weighted by Gasteiger charge is -2.11. The second-order valence-corrected chi connectivity index (χ2v) is 5.62. The standard InChI is InChI=1S/C20H20N2O3/c1-2-25-18-10-6-4-8-16(18)21-19(23)11-12-20(24)22-14-13-15-7-3-5-9-17(15)22/h3-10,13-14H,2,11-12H2,1H3,(H,21,23). The van der Waals surface area contributed by atoms with Gasteiger partial charge in [0.15, 0.2) is 0 Å². The summed E-state index contributed by atoms with van der Waals surface area (Å²) in [6, 6.07) is 16.8. The smallest absolute Gasteiger partial charge is 0.231 e. The zero-order valence-corrected chi connectivity index (χ0v) is 14.1. The topological polar surface area (TPSA) is 60.3 Å². The Morgan fingerprint density at radius 1 is 1.00 bits per heavy atom. The molecule has 0 radical (unpaired) electrons. The summed E-state index contributed by atoms with van der Waals surface area (Å²) in [5.41, 5.74) is 1.47. The Balaban J connectivity index is 1.62. The Hall–Kier alpha value is -3.08. The van der Waals surface area contributed by atoms with E-state index in [4.69, 9.17) is 4.74 Å². The van der Waals surface area contributed by atoms with Crippen molar-refractivity contribution in [2.45, 2.75) is 19.8 Å². The maximum atomic E-state index is 12.4. The van der Waals surface area contributed by atoms with Crippen LogP contribution >= 0.6 is 0 Å². The number of aromatic nitrogens is 1. The van der Waals surface area contributed by atoms with Crippen molar-refractivity contribution in [3.63, 3.8) is 0 Å². The van der Waals surface area contributed by atoms with Crippen molar-refractivity contribution in [1.29, 1.82) is 0 Å². The molecular formula is C20H20N2O3. The highest BCUT2D eigenvalue weighted by atomic mass is 16.5. The number of benzene rings is 2. The molecule has 3 aromatic rings. The number of ether oxygens (including phenoxy) is 1. The van der Waals surface area contributed by atoms with Gasteiger partial charge in [-0.2, -0.15) is 0 Å². The zero-order chi connectivity index (χ0) is 17.6. The number of para-hydroxylation sites is 3. The first-order valence-corrected chi connectivity index (χ1v) is 8.30. The summed E-state index contributed by atoms with van der Waals surface area (Å²) in [5.74, 6) is 0.312. The predicted molar refractivity (Wildman–Crippen MR) is 98.0 cm³/mol. The van der Waals surface area contributed by atoms with Gasteiger partial charge in [-0.05, 0) is 31.2 Å². The maximum Gasteiger partial charge on any atom is 0.231 e. The molecule has 1 heterocycles. The zero-order valence-electron chi connectivity index (χ0n) is 14.1. The molecule has 0 aliphatic rings. The molecule has 0 aliphatic heterocycles. The Morgan fingerprint density at radius 3 is 2.60 bits per heavy atom. The van der Waals surface area contributed by atoms with Crippen LogP contribution in [0.3, 0.4) is 0 Å². The third-order valence-corrected chi connectivity index (χ3v) is 3.90. The van der Waals surface area contributed by atoms with Crippen molar-refractivity contribution in [1.82, 2.24) is 4.57 Å². The molecule has 1 aromatic heterocycles. The van der Waals surface area contributed by atoms with Gasteiger partial charge in [-0.1, -0.05) is 30.3 Å². The Bertz CT molecular complexity index is 899. The van der Waals surface area contributed by atoms with E-state index in [2.05, 4.69) is 5.32 Å². The number of carbonyl (C=O) groups excluding carboxylic acids is 2. The van der Waals surface area contributed by atoms with E-state index >= 15 is 0 Å². The van der Waals surface area contributed by atoms with Gasteiger partial charge in [0.05, 0.1) is 17.8 Å². The molecule has 1 amide bonds. The largest absolute Gasteiger partial charge is 0.492 e. The summed E-state index contributed by atoms with van der Waals surface area (Å²) >= 11 is 0. The second-order valence-electron chi connectivity index (χ2n) is 5.62. The van der Waals surface area contributed by atoms with E-state index in [1.165, 1.54) is 0 Å². The first-order chi connectivity index (χ1) is 12.2. The molecule has 0 atom stereocenters. The van der Waals surface area contributed by atoms with Gasteiger partial charge in [0.2, 0.25) is 11.8 Å². The van der Waals surface area contributed by atoms with Crippen LogP contribution < -0.4 is 10.1 Å². The van der Waals surface area contributed by atoms with Gasteiger partial charge in [0, 0.05) is 24.4 Å². The summed E-state index contributed by atoms with van der Waals surface area (Å²) < 4.78 is 7.08. The van der Waals surface area contributed by atoms with E-state index in [0.717, 1.165) is 10.9 Å². The maximum absolute atomic E-state index is 12.4. The summed E-state index contributed by atoms with van der Waals surface area (Å²) in [4.78, 5) is 24.6. The SMILES string of the molecule is CCOc1ccccc1NC(=O)CCC(=O)n1ccc2ccccc21. The van der Waals surface area contributed by atoms with Crippen molar-refractivity contribution in [3.05, 3.63) is 60.8 Å². The highest BCUT2D eigenvalue weighted by Crippen LogP contribution is 2.24. The van der Waals surface area contributed by atoms with Gasteiger partial charge in [0.25, 0.3) is 0 Å². The first-order valence-electron chi connectivity index (χ1n) is 8.30. The summed E-state index contributed by atoms with van der Waals surface area (Å²) in [6.45, 7) is 2.41. The van der Waals surface area contributed by atoms with Crippen LogP contribution in [0.1, 0.15) is 24.6 Å². The van der Waals surface area contributed by atoms with E-state index in [0.29, 0.717) is 18.0 Å². The van der Waals surface area contributed by atoms with Crippen molar-refractivity contribution >= 4 is 28.4 Å². The van der Waals surface area contributed by atoms with Crippen LogP contribution in [0.5, 0.6) is 5.75 Å². The number of anilines is 1. The lowest BCUT2D eigenvalue weighted by atomic mass is 10.2. The van der Waals surface area contributed by atoms with E-state index in [9.17, 15) is 9.59 Å². The molecule has 1 N–H and O–H groups in total. The Kier molecular flexibility index (Phi) is 5.14. The normalized spacial score (nSPS) is 10.6. The molecular weight excluding hydrogens is 316 g/mol. The van der Waals surface area contributed by atoms with Crippen LogP contribution in [0.4, 0.5) is 5.69 Å². The number of hydrogen-bond donors (Lipinski definition) is 1. The van der Waals surface area contributed by atoms with Crippen molar-refractivity contribution in [2.75, 3.05) is 11.9 Å². The average Bonchev–Trinajstić information content (AvgIpc) is 3.06. The number of nitrogens with zero attached hydrogens (tertiary/aromatic N) is 1. The lowest BCUT2D eigenvalue weighted by Crippen LogP contribution is -2.16.